The first-order chi connectivity index (χ1) is 48.8. The molecule has 0 saturated carbocycles. The number of aromatic hydroxyl groups is 6. The Hall–Kier alpha value is -12.9. The third kappa shape index (κ3) is 14.2. The largest absolute Gasteiger partial charge is 0.508 e. The van der Waals surface area contributed by atoms with E-state index < -0.39 is 153 Å². The first-order valence-corrected chi connectivity index (χ1v) is 31.8. The number of aliphatic hydroxyl groups is 2. The Bertz CT molecular complexity index is 4720. The van der Waals surface area contributed by atoms with E-state index in [4.69, 9.17) is 23.8 Å². The van der Waals surface area contributed by atoms with Crippen molar-refractivity contribution in [2.75, 3.05) is 7.11 Å². The van der Waals surface area contributed by atoms with Crippen molar-refractivity contribution in [3.8, 4) is 80.1 Å². The van der Waals surface area contributed by atoms with Crippen LogP contribution >= 0.6 is 0 Å². The number of fused-ring (bicyclic) bond motifs is 14. The van der Waals surface area contributed by atoms with Crippen LogP contribution < -0.4 is 51.4 Å². The predicted molar refractivity (Wildman–Crippen MR) is 357 cm³/mol. The number of hydrogen-bond donors (Lipinski definition) is 15. The summed E-state index contributed by atoms with van der Waals surface area (Å²) >= 11 is 0. The van der Waals surface area contributed by atoms with Gasteiger partial charge in [0.2, 0.25) is 41.2 Å². The molecule has 6 aliphatic rings. The average molecular weight is 1390 g/mol. The number of aliphatic hydroxyl groups excluding tert-OH is 2. The highest BCUT2D eigenvalue weighted by molar-refractivity contribution is 6.39. The standard InChI is InChI=1S/C73H66N8O21/c1-32(2)22-46(81-99-31-34-8-6-5-7-9-34)66(90)74-57-38-15-21-48(84)52(25-38)102-51-26-39(24-49(85)33(51)3)58-69(93)76-59-40-27-53(100-42-16-10-35(11-17-42)63(87)61(71(95)77-58)79-68(57)92)65(89)54(28-40)101-43-18-12-36(13-19-43)64(88)62-72(96)78-60(73(97)98-4)45-29-41(82)30-50(86)55(45)44-23-37(14-20-47(44)83)56(67(91)80-62)75-70(59)94/h5-21,23-30,32,56-64,82-89H,22,31H2,1-4H3,(H,74,90)(H,75,94)(H,76,93)(H,77,95)(H,78,96)(H,79,92)(H,80,91)/b81-46+/t56-,57-,58+,59-,60+,61-,62+,63-,64-/m1/s1. The Morgan fingerprint density at radius 3 is 1.65 bits per heavy atom. The van der Waals surface area contributed by atoms with E-state index in [9.17, 15) is 55.2 Å². The van der Waals surface area contributed by atoms with Crippen LogP contribution in [-0.4, -0.2) is 113 Å². The molecule has 8 aromatic rings. The number of ether oxygens (including phenoxy) is 4. The molecule has 15 N–H and O–H groups in total. The average Bonchev–Trinajstić information content (AvgIpc) is 0.768. The van der Waals surface area contributed by atoms with Gasteiger partial charge in [0.25, 0.3) is 5.91 Å². The van der Waals surface area contributed by atoms with Gasteiger partial charge in [-0.2, -0.15) is 0 Å². The minimum Gasteiger partial charge on any atom is -0.508 e. The van der Waals surface area contributed by atoms with Crippen molar-refractivity contribution in [3.63, 3.8) is 0 Å². The molecule has 29 nitrogen and oxygen atoms in total. The number of carbonyl (C=O) groups excluding carboxylic acids is 8. The minimum absolute atomic E-state index is 0.0178. The number of esters is 1. The van der Waals surface area contributed by atoms with E-state index in [-0.39, 0.29) is 97.7 Å². The van der Waals surface area contributed by atoms with Gasteiger partial charge in [-0.05, 0) is 131 Å². The number of hydrogen-bond acceptors (Lipinski definition) is 22. The summed E-state index contributed by atoms with van der Waals surface area (Å²) in [6, 6.07) is 18.0. The summed E-state index contributed by atoms with van der Waals surface area (Å²) in [6.45, 7) is 4.98. The van der Waals surface area contributed by atoms with Crippen molar-refractivity contribution in [1.82, 2.24) is 37.2 Å². The number of phenols is 6. The fourth-order valence-corrected chi connectivity index (χ4v) is 12.1. The number of phenolic OH excluding ortho intramolecular Hbond substituents is 6. The topological polar surface area (TPSA) is 441 Å². The summed E-state index contributed by atoms with van der Waals surface area (Å²) in [4.78, 5) is 127. The van der Waals surface area contributed by atoms with Gasteiger partial charge in [-0.15, -0.1) is 0 Å². The maximum Gasteiger partial charge on any atom is 0.333 e. The van der Waals surface area contributed by atoms with Gasteiger partial charge in [0, 0.05) is 34.7 Å². The summed E-state index contributed by atoms with van der Waals surface area (Å²) in [7, 11) is 0.970. The molecule has 29 heteroatoms. The molecular weight excluding hydrogens is 1320 g/mol. The maximum absolute atomic E-state index is 16.0. The number of rotatable bonds is 8. The van der Waals surface area contributed by atoms with Gasteiger partial charge in [-0.3, -0.25) is 33.6 Å². The number of benzene rings is 8. The second-order valence-corrected chi connectivity index (χ2v) is 24.9. The highest BCUT2D eigenvalue weighted by Gasteiger charge is 2.43. The van der Waals surface area contributed by atoms with Gasteiger partial charge in [0.05, 0.1) is 7.11 Å². The predicted octanol–water partition coefficient (Wildman–Crippen LogP) is 6.34. The molecule has 7 amide bonds. The zero-order valence-corrected chi connectivity index (χ0v) is 54.5. The molecule has 0 radical (unpaired) electrons. The van der Waals surface area contributed by atoms with Crippen molar-refractivity contribution < 1.29 is 103 Å². The van der Waals surface area contributed by atoms with Crippen molar-refractivity contribution in [1.29, 1.82) is 0 Å². The Morgan fingerprint density at radius 1 is 0.520 bits per heavy atom. The van der Waals surface area contributed by atoms with E-state index in [1.54, 1.807) is 30.3 Å². The van der Waals surface area contributed by atoms with E-state index in [2.05, 4.69) is 42.4 Å². The molecule has 0 saturated heterocycles. The third-order valence-corrected chi connectivity index (χ3v) is 17.4. The van der Waals surface area contributed by atoms with Crippen molar-refractivity contribution in [2.45, 2.75) is 88.3 Å². The van der Waals surface area contributed by atoms with E-state index in [1.165, 1.54) is 73.7 Å². The highest BCUT2D eigenvalue weighted by Crippen LogP contribution is 2.47. The lowest BCUT2D eigenvalue weighted by molar-refractivity contribution is -0.146. The number of nitrogens with one attached hydrogen (secondary N) is 7. The number of carbonyl (C=O) groups is 8. The van der Waals surface area contributed by atoms with Crippen LogP contribution in [0.2, 0.25) is 0 Å². The molecule has 6 heterocycles. The van der Waals surface area contributed by atoms with Crippen LogP contribution in [0.3, 0.4) is 0 Å². The fraction of sp³-hybridized carbons (Fsp3) is 0.219. The highest BCUT2D eigenvalue weighted by atomic mass is 16.6. The van der Waals surface area contributed by atoms with E-state index in [0.29, 0.717) is 0 Å². The van der Waals surface area contributed by atoms with Gasteiger partial charge in [0.15, 0.2) is 29.0 Å². The first kappa shape index (κ1) is 69.0. The summed E-state index contributed by atoms with van der Waals surface area (Å²) in [5, 5.41) is 116. The summed E-state index contributed by atoms with van der Waals surface area (Å²) in [5.74, 6) is -15.7. The Labute approximate surface area is 579 Å². The molecule has 14 rings (SSSR count). The van der Waals surface area contributed by atoms with Crippen molar-refractivity contribution in [3.05, 3.63) is 202 Å². The quantitative estimate of drug-likeness (QED) is 0.0448. The van der Waals surface area contributed by atoms with E-state index >= 15 is 24.0 Å². The van der Waals surface area contributed by atoms with Crippen LogP contribution in [0, 0.1) is 12.8 Å². The van der Waals surface area contributed by atoms with Crippen LogP contribution in [0.1, 0.15) is 113 Å². The molecule has 6 aliphatic heterocycles. The molecule has 102 heavy (non-hydrogen) atoms. The zero-order chi connectivity index (χ0) is 72.5. The smallest absolute Gasteiger partial charge is 0.333 e. The van der Waals surface area contributed by atoms with Crippen LogP contribution in [-0.2, 0) is 54.5 Å². The van der Waals surface area contributed by atoms with Crippen molar-refractivity contribution >= 4 is 53.0 Å². The number of nitrogens with zero attached hydrogens (tertiary/aromatic N) is 1. The lowest BCUT2D eigenvalue weighted by Crippen LogP contribution is -2.56. The second kappa shape index (κ2) is 28.5. The number of oxime groups is 1. The molecule has 0 aromatic heterocycles. The van der Waals surface area contributed by atoms with Gasteiger partial charge < -0.3 is 102 Å². The number of amides is 7. The normalized spacial score (nSPS) is 21.1. The molecule has 0 unspecified atom stereocenters. The molecule has 17 bridgehead atoms. The zero-order valence-electron chi connectivity index (χ0n) is 54.5. The molecule has 9 atom stereocenters. The molecular formula is C73H66N8O21. The minimum atomic E-state index is -2.20. The molecule has 524 valence electrons. The van der Waals surface area contributed by atoms with Crippen molar-refractivity contribution in [2.24, 2.45) is 11.1 Å². The molecule has 0 fully saturated rings. The SMILES string of the molecule is COC(=O)[C@H]1NC(=O)[C@H]2NC(=O)[C@H](NC(=O)[C@@H]3NC(=O)[C@H]4NC(=O)[C@H](NC(=O)[C@H](NC(=O)/C(CC(C)C)=N/OCc5ccccc5)c5ccc(O)c(c5)Oc5cc4cc(O)c5C)[C@H](O)c4ccc(cc4)Oc4cc3cc(c4O)Oc3ccc(cc3)[C@H]2O)c2ccc(O)c(c2)-c2c(O)cc(O)cc21. The molecule has 0 spiro atoms. The van der Waals surface area contributed by atoms with Crippen LogP contribution in [0.5, 0.6) is 69.0 Å². The molecule has 8 aromatic carbocycles. The Morgan fingerprint density at radius 2 is 1.04 bits per heavy atom. The maximum atomic E-state index is 16.0. The van der Waals surface area contributed by atoms with Gasteiger partial charge in [0.1, 0.15) is 101 Å². The lowest BCUT2D eigenvalue weighted by atomic mass is 9.89. The summed E-state index contributed by atoms with van der Waals surface area (Å²) in [6.07, 6.45) is -4.07. The monoisotopic (exact) mass is 1390 g/mol. The van der Waals surface area contributed by atoms with Crippen LogP contribution in [0.25, 0.3) is 11.1 Å². The van der Waals surface area contributed by atoms with Gasteiger partial charge >= 0.3 is 5.97 Å². The molecule has 0 aliphatic carbocycles. The first-order valence-electron chi connectivity index (χ1n) is 31.8. The van der Waals surface area contributed by atoms with Gasteiger partial charge in [-0.1, -0.05) is 85.7 Å². The second-order valence-electron chi connectivity index (χ2n) is 24.9. The fourth-order valence-electron chi connectivity index (χ4n) is 12.1. The number of methoxy groups -OCH3 is 1. The van der Waals surface area contributed by atoms with E-state index in [0.717, 1.165) is 67.3 Å². The summed E-state index contributed by atoms with van der Waals surface area (Å²) in [5.41, 5.74) is -1.67. The van der Waals surface area contributed by atoms with Gasteiger partial charge in [-0.25, -0.2) is 4.79 Å². The van der Waals surface area contributed by atoms with Crippen LogP contribution in [0.4, 0.5) is 0 Å². The third-order valence-electron chi connectivity index (χ3n) is 17.4. The Kier molecular flexibility index (Phi) is 19.3. The Balaban J connectivity index is 1.02. The lowest BCUT2D eigenvalue weighted by Gasteiger charge is -2.31. The van der Waals surface area contributed by atoms with Crippen LogP contribution in [0.15, 0.2) is 157 Å². The summed E-state index contributed by atoms with van der Waals surface area (Å²) < 4.78 is 23.9. The van der Waals surface area contributed by atoms with E-state index in [1.807, 2.05) is 13.8 Å².